The third-order valence-electron chi connectivity index (χ3n) is 9.47. The molecule has 22 heteroatoms. The van der Waals surface area contributed by atoms with E-state index in [-0.39, 0.29) is 58.3 Å². The van der Waals surface area contributed by atoms with Crippen molar-refractivity contribution in [1.82, 2.24) is 30.2 Å². The smallest absolute Gasteiger partial charge is 0.560 e. The largest absolute Gasteiger partial charge is 1.00 e. The first kappa shape index (κ1) is 60.1. The number of carboxylic acids is 1. The van der Waals surface area contributed by atoms with E-state index in [0.717, 1.165) is 45.3 Å². The van der Waals surface area contributed by atoms with Gasteiger partial charge in [0.2, 0.25) is 16.0 Å². The van der Waals surface area contributed by atoms with Gasteiger partial charge in [0.1, 0.15) is 11.2 Å². The maximum Gasteiger partial charge on any atom is 1.00 e. The number of carboxylic acid groups (broad SMARTS) is 1. The Labute approximate surface area is 443 Å². The van der Waals surface area contributed by atoms with Crippen molar-refractivity contribution in [2.24, 2.45) is 10.1 Å². The van der Waals surface area contributed by atoms with Gasteiger partial charge in [-0.2, -0.15) is 10.2 Å². The van der Waals surface area contributed by atoms with E-state index in [1.54, 1.807) is 75.2 Å². The molecule has 380 valence electrons. The molecule has 0 unspecified atom stereocenters. The van der Waals surface area contributed by atoms with Crippen molar-refractivity contribution < 1.29 is 75.4 Å². The molecule has 0 radical (unpaired) electrons. The quantitative estimate of drug-likeness (QED) is 0.0478. The number of carbonyl (C=O) groups is 3. The van der Waals surface area contributed by atoms with Crippen LogP contribution in [0.5, 0.6) is 0 Å². The third kappa shape index (κ3) is 20.1. The molecule has 0 aliphatic carbocycles. The van der Waals surface area contributed by atoms with Gasteiger partial charge in [-0.05, 0) is 143 Å². The summed E-state index contributed by atoms with van der Waals surface area (Å²) in [6.45, 7) is 18.4. The fraction of sp³-hybridized carbons (Fsp3) is 0.320. The molecule has 72 heavy (non-hydrogen) atoms. The van der Waals surface area contributed by atoms with E-state index < -0.39 is 49.4 Å². The summed E-state index contributed by atoms with van der Waals surface area (Å²) >= 11 is 0. The number of unbranched alkanes of at least 4 members (excludes halogenated alkanes) is 1. The van der Waals surface area contributed by atoms with Crippen LogP contribution >= 0.6 is 0 Å². The van der Waals surface area contributed by atoms with Gasteiger partial charge in [-0.3, -0.25) is 20.4 Å². The molecule has 19 nitrogen and oxygen atoms in total. The second kappa shape index (κ2) is 26.0. The Morgan fingerprint density at radius 3 is 1.35 bits per heavy atom. The van der Waals surface area contributed by atoms with Crippen molar-refractivity contribution in [2.45, 2.75) is 109 Å². The molecule has 0 fully saturated rings. The van der Waals surface area contributed by atoms with Crippen LogP contribution in [0.3, 0.4) is 0 Å². The summed E-state index contributed by atoms with van der Waals surface area (Å²) in [6, 6.07) is 32.8. The SMILES string of the molecule is CC(C)(C)OC(=O)NC(=NCCCCC(=O)O)NC(=O)OC(C)(C)C.Cc1ccc(-c2cc(C)nn2-c2ccc(S(N)(=O)=O)cc2)cc1.Cc1ccc(-c2cc(C)nn2-c2ccc(S([NH-])(=O)=O)cc2)cc1.[Na+]. The van der Waals surface area contributed by atoms with Crippen LogP contribution in [0, 0.1) is 27.7 Å². The van der Waals surface area contributed by atoms with Crippen molar-refractivity contribution in [3.8, 4) is 33.9 Å². The van der Waals surface area contributed by atoms with Crippen LogP contribution in [0.15, 0.2) is 124 Å². The van der Waals surface area contributed by atoms with Gasteiger partial charge < -0.3 is 19.7 Å². The third-order valence-corrected chi connectivity index (χ3v) is 11.3. The van der Waals surface area contributed by atoms with Gasteiger partial charge in [-0.25, -0.2) is 40.9 Å². The fourth-order valence-electron chi connectivity index (χ4n) is 6.29. The standard InChI is InChI=1S/C17H17N3O2S.C17H16N3O2S.C16H29N3O6.Na/c2*1-12-3-5-14(6-4-12)17-11-13(2)19-20(17)15-7-9-16(10-8-15)23(18,21)22;1-15(2,3)24-13(22)18-12(17-10-8-7-9-11(20)21)19-14(23)25-16(4,5)6;/h3-11H,1-2H3,(H2,18,21,22);3-11H,1-2H3,(H-,18,21,22);7-10H2,1-6H3,(H,20,21)(H2,17,18,19,22,23);/q;-1;;+1. The molecule has 4 aromatic carbocycles. The van der Waals surface area contributed by atoms with E-state index in [1.165, 1.54) is 35.4 Å². The molecule has 0 spiro atoms. The molecule has 6 rings (SSSR count). The van der Waals surface area contributed by atoms with Gasteiger partial charge in [0, 0.05) is 29.0 Å². The first-order valence-electron chi connectivity index (χ1n) is 22.2. The Balaban J connectivity index is 0.000000283. The number of primary sulfonamides is 1. The Hall–Kier alpha value is -6.20. The number of sulfonamides is 2. The summed E-state index contributed by atoms with van der Waals surface area (Å²) in [4.78, 5) is 38.2. The number of ether oxygens (including phenoxy) is 2. The minimum absolute atomic E-state index is 0. The Morgan fingerprint density at radius 2 is 1.01 bits per heavy atom. The topological polar surface area (TPSA) is 280 Å². The van der Waals surface area contributed by atoms with Gasteiger partial charge >= 0.3 is 47.7 Å². The number of amides is 2. The van der Waals surface area contributed by atoms with Gasteiger partial charge in [0.15, 0.2) is 0 Å². The number of nitrogens with two attached hydrogens (primary N) is 1. The molecule has 2 aromatic heterocycles. The van der Waals surface area contributed by atoms with Crippen molar-refractivity contribution >= 4 is 44.2 Å². The number of aryl methyl sites for hydroxylation is 4. The fourth-order valence-corrected chi connectivity index (χ4v) is 7.30. The van der Waals surface area contributed by atoms with Crippen molar-refractivity contribution in [1.29, 1.82) is 0 Å². The molecule has 0 aliphatic rings. The summed E-state index contributed by atoms with van der Waals surface area (Å²) in [7, 11) is -7.64. The molecular weight excluding hydrogens is 974 g/mol. The number of aliphatic imine (C=N–C) groups is 1. The van der Waals surface area contributed by atoms with E-state index in [4.69, 9.17) is 24.9 Å². The van der Waals surface area contributed by atoms with Gasteiger partial charge in [0.25, 0.3) is 0 Å². The van der Waals surface area contributed by atoms with Crippen LogP contribution in [0.1, 0.15) is 83.3 Å². The van der Waals surface area contributed by atoms with Crippen LogP contribution < -0.4 is 45.3 Å². The molecule has 0 saturated heterocycles. The number of hydrogen-bond donors (Lipinski definition) is 4. The number of guanidine groups is 1. The number of carbonyl (C=O) groups excluding carboxylic acids is 2. The van der Waals surface area contributed by atoms with Crippen molar-refractivity contribution in [3.05, 3.63) is 137 Å². The number of nitrogens with zero attached hydrogens (tertiary/aromatic N) is 5. The molecule has 6 aromatic rings. The van der Waals surface area contributed by atoms with E-state index in [1.807, 2.05) is 88.4 Å². The normalized spacial score (nSPS) is 11.3. The minimum atomic E-state index is -3.94. The number of aromatic nitrogens is 4. The predicted molar refractivity (Wildman–Crippen MR) is 272 cm³/mol. The molecular formula is C50H62N9NaO10S2. The summed E-state index contributed by atoms with van der Waals surface area (Å²) in [6.07, 6.45) is -0.586. The second-order valence-electron chi connectivity index (χ2n) is 18.3. The summed E-state index contributed by atoms with van der Waals surface area (Å²) in [5, 5.41) is 34.5. The summed E-state index contributed by atoms with van der Waals surface area (Å²) < 4.78 is 59.0. The van der Waals surface area contributed by atoms with Crippen LogP contribution in [0.2, 0.25) is 0 Å². The zero-order valence-electron chi connectivity index (χ0n) is 42.5. The molecule has 0 aliphatic heterocycles. The monoisotopic (exact) mass is 1040 g/mol. The molecule has 0 saturated carbocycles. The molecule has 0 bridgehead atoms. The van der Waals surface area contributed by atoms with E-state index >= 15 is 0 Å². The summed E-state index contributed by atoms with van der Waals surface area (Å²) in [5.74, 6) is -0.998. The number of alkyl carbamates (subject to hydrolysis) is 2. The molecule has 0 atom stereocenters. The van der Waals surface area contributed by atoms with Crippen molar-refractivity contribution in [2.75, 3.05) is 6.54 Å². The van der Waals surface area contributed by atoms with Crippen LogP contribution in [-0.2, 0) is 34.3 Å². The van der Waals surface area contributed by atoms with Crippen LogP contribution in [-0.4, -0.2) is 83.4 Å². The summed E-state index contributed by atoms with van der Waals surface area (Å²) in [5.41, 5.74) is 8.21. The molecule has 2 amide bonds. The minimum Gasteiger partial charge on any atom is -0.560 e. The average Bonchev–Trinajstić information content (AvgIpc) is 3.84. The van der Waals surface area contributed by atoms with E-state index in [9.17, 15) is 31.2 Å². The van der Waals surface area contributed by atoms with Gasteiger partial charge in [0.05, 0.1) is 49.1 Å². The number of benzene rings is 4. The number of aliphatic carboxylic acids is 1. The average molecular weight is 1040 g/mol. The zero-order valence-corrected chi connectivity index (χ0v) is 46.1. The predicted octanol–water partition coefficient (Wildman–Crippen LogP) is 6.35. The molecule has 6 N–H and O–H groups in total. The van der Waals surface area contributed by atoms with Crippen molar-refractivity contribution in [3.63, 3.8) is 0 Å². The molecule has 2 heterocycles. The Morgan fingerprint density at radius 1 is 0.639 bits per heavy atom. The number of rotatable bonds is 11. The number of hydrogen-bond acceptors (Lipinski definition) is 12. The first-order chi connectivity index (χ1) is 33.0. The zero-order chi connectivity index (χ0) is 52.9. The number of nitrogens with one attached hydrogen (secondary N) is 3. The maximum atomic E-state index is 11.8. The maximum absolute atomic E-state index is 11.8. The van der Waals surface area contributed by atoms with E-state index in [0.29, 0.717) is 12.8 Å². The van der Waals surface area contributed by atoms with Gasteiger partial charge in [-0.15, -0.1) is 0 Å². The van der Waals surface area contributed by atoms with Crippen LogP contribution in [0.25, 0.3) is 39.0 Å². The van der Waals surface area contributed by atoms with Gasteiger partial charge in [-0.1, -0.05) is 59.7 Å². The van der Waals surface area contributed by atoms with Crippen LogP contribution in [0.4, 0.5) is 9.59 Å². The Kier molecular flexibility index (Phi) is 21.7. The Bertz CT molecular complexity index is 2840. The van der Waals surface area contributed by atoms with E-state index in [2.05, 4.69) is 25.8 Å². The first-order valence-corrected chi connectivity index (χ1v) is 25.3. The second-order valence-corrected chi connectivity index (χ2v) is 21.3.